The van der Waals surface area contributed by atoms with E-state index in [0.29, 0.717) is 6.04 Å². The third kappa shape index (κ3) is 3.62. The number of likely N-dealkylation sites (tertiary alicyclic amines) is 1. The molecule has 0 aliphatic carbocycles. The summed E-state index contributed by atoms with van der Waals surface area (Å²) in [4.78, 5) is 2.69. The SMILES string of the molecule is CCNC(CN1CCCC1CC)c1ccc(C)cc1C. The van der Waals surface area contributed by atoms with Crippen molar-refractivity contribution in [3.63, 3.8) is 0 Å². The Balaban J connectivity index is 2.14. The number of rotatable bonds is 6. The van der Waals surface area contributed by atoms with E-state index >= 15 is 0 Å². The molecule has 1 aliphatic rings. The Bertz CT molecular complexity index is 427. The number of benzene rings is 1. The van der Waals surface area contributed by atoms with Crippen molar-refractivity contribution in [3.8, 4) is 0 Å². The Labute approximate surface area is 124 Å². The van der Waals surface area contributed by atoms with E-state index in [1.54, 1.807) is 0 Å². The zero-order valence-electron chi connectivity index (χ0n) is 13.6. The van der Waals surface area contributed by atoms with E-state index in [2.05, 4.69) is 56.1 Å². The average Bonchev–Trinajstić information content (AvgIpc) is 2.85. The largest absolute Gasteiger partial charge is 0.309 e. The summed E-state index contributed by atoms with van der Waals surface area (Å²) in [5.74, 6) is 0. The molecule has 20 heavy (non-hydrogen) atoms. The van der Waals surface area contributed by atoms with Gasteiger partial charge in [0.25, 0.3) is 0 Å². The van der Waals surface area contributed by atoms with Gasteiger partial charge in [-0.1, -0.05) is 37.6 Å². The van der Waals surface area contributed by atoms with Gasteiger partial charge in [-0.15, -0.1) is 0 Å². The minimum atomic E-state index is 0.466. The van der Waals surface area contributed by atoms with Gasteiger partial charge in [-0.25, -0.2) is 0 Å². The van der Waals surface area contributed by atoms with E-state index in [4.69, 9.17) is 0 Å². The minimum absolute atomic E-state index is 0.466. The Morgan fingerprint density at radius 1 is 1.30 bits per heavy atom. The molecule has 1 saturated heterocycles. The maximum atomic E-state index is 3.69. The summed E-state index contributed by atoms with van der Waals surface area (Å²) in [6.07, 6.45) is 4.03. The number of hydrogen-bond donors (Lipinski definition) is 1. The van der Waals surface area contributed by atoms with Crippen molar-refractivity contribution in [1.29, 1.82) is 0 Å². The molecule has 0 amide bonds. The summed E-state index contributed by atoms with van der Waals surface area (Å²) < 4.78 is 0. The number of nitrogens with zero attached hydrogens (tertiary/aromatic N) is 1. The first-order chi connectivity index (χ1) is 9.65. The van der Waals surface area contributed by atoms with E-state index in [1.807, 2.05) is 0 Å². The van der Waals surface area contributed by atoms with Crippen molar-refractivity contribution >= 4 is 0 Å². The average molecular weight is 274 g/mol. The molecule has 112 valence electrons. The summed E-state index contributed by atoms with van der Waals surface area (Å²) in [6.45, 7) is 12.4. The van der Waals surface area contributed by atoms with Crippen molar-refractivity contribution in [3.05, 3.63) is 34.9 Å². The molecule has 2 nitrogen and oxygen atoms in total. The highest BCUT2D eigenvalue weighted by Crippen LogP contribution is 2.25. The standard InChI is InChI=1S/C18H30N2/c1-5-16-8-7-11-20(16)13-18(19-6-2)17-10-9-14(3)12-15(17)4/h9-10,12,16,18-19H,5-8,11,13H2,1-4H3. The number of likely N-dealkylation sites (N-methyl/N-ethyl adjacent to an activating group) is 1. The molecule has 1 N–H and O–H groups in total. The van der Waals surface area contributed by atoms with Crippen molar-refractivity contribution in [2.75, 3.05) is 19.6 Å². The first-order valence-electron chi connectivity index (χ1n) is 8.20. The molecule has 2 heteroatoms. The smallest absolute Gasteiger partial charge is 0.0451 e. The zero-order chi connectivity index (χ0) is 14.5. The van der Waals surface area contributed by atoms with Gasteiger partial charge in [0.2, 0.25) is 0 Å². The van der Waals surface area contributed by atoms with Crippen molar-refractivity contribution in [2.45, 2.75) is 59.0 Å². The highest BCUT2D eigenvalue weighted by Gasteiger charge is 2.26. The third-order valence-corrected chi connectivity index (χ3v) is 4.64. The molecular formula is C18H30N2. The maximum Gasteiger partial charge on any atom is 0.0451 e. The van der Waals surface area contributed by atoms with Crippen LogP contribution in [0.2, 0.25) is 0 Å². The van der Waals surface area contributed by atoms with Crippen LogP contribution in [0, 0.1) is 13.8 Å². The summed E-state index contributed by atoms with van der Waals surface area (Å²) in [7, 11) is 0. The Hall–Kier alpha value is -0.860. The Morgan fingerprint density at radius 2 is 2.10 bits per heavy atom. The second-order valence-corrected chi connectivity index (χ2v) is 6.17. The van der Waals surface area contributed by atoms with Crippen LogP contribution in [0.5, 0.6) is 0 Å². The van der Waals surface area contributed by atoms with Crippen LogP contribution >= 0.6 is 0 Å². The first-order valence-corrected chi connectivity index (χ1v) is 8.20. The van der Waals surface area contributed by atoms with Crippen LogP contribution in [0.1, 0.15) is 55.8 Å². The van der Waals surface area contributed by atoms with Crippen molar-refractivity contribution < 1.29 is 0 Å². The first kappa shape index (κ1) is 15.5. The van der Waals surface area contributed by atoms with E-state index in [0.717, 1.165) is 19.1 Å². The van der Waals surface area contributed by atoms with Crippen LogP contribution in [-0.4, -0.2) is 30.6 Å². The normalized spacial score (nSPS) is 21.3. The quantitative estimate of drug-likeness (QED) is 0.848. The van der Waals surface area contributed by atoms with E-state index in [1.165, 1.54) is 42.5 Å². The molecule has 2 unspecified atom stereocenters. The summed E-state index contributed by atoms with van der Waals surface area (Å²) in [6, 6.07) is 8.12. The molecule has 1 heterocycles. The zero-order valence-corrected chi connectivity index (χ0v) is 13.6. The van der Waals surface area contributed by atoms with Gasteiger partial charge in [0.1, 0.15) is 0 Å². The fraction of sp³-hybridized carbons (Fsp3) is 0.667. The lowest BCUT2D eigenvalue weighted by atomic mass is 9.98. The van der Waals surface area contributed by atoms with Gasteiger partial charge in [-0.2, -0.15) is 0 Å². The number of hydrogen-bond acceptors (Lipinski definition) is 2. The molecule has 0 bridgehead atoms. The molecular weight excluding hydrogens is 244 g/mol. The summed E-state index contributed by atoms with van der Waals surface area (Å²) >= 11 is 0. The molecule has 0 radical (unpaired) electrons. The molecule has 1 aromatic rings. The molecule has 1 fully saturated rings. The van der Waals surface area contributed by atoms with Gasteiger partial charge in [0.15, 0.2) is 0 Å². The maximum absolute atomic E-state index is 3.69. The fourth-order valence-corrected chi connectivity index (χ4v) is 3.57. The van der Waals surface area contributed by atoms with Crippen LogP contribution < -0.4 is 5.32 Å². The summed E-state index contributed by atoms with van der Waals surface area (Å²) in [5.41, 5.74) is 4.25. The van der Waals surface area contributed by atoms with E-state index < -0.39 is 0 Å². The second kappa shape index (κ2) is 7.24. The van der Waals surface area contributed by atoms with E-state index in [9.17, 15) is 0 Å². The fourth-order valence-electron chi connectivity index (χ4n) is 3.57. The highest BCUT2D eigenvalue weighted by molar-refractivity contribution is 5.33. The van der Waals surface area contributed by atoms with Crippen molar-refractivity contribution in [1.82, 2.24) is 10.2 Å². The van der Waals surface area contributed by atoms with Crippen molar-refractivity contribution in [2.24, 2.45) is 0 Å². The predicted molar refractivity (Wildman–Crippen MR) is 87.2 cm³/mol. The highest BCUT2D eigenvalue weighted by atomic mass is 15.2. The van der Waals surface area contributed by atoms with Crippen LogP contribution in [0.25, 0.3) is 0 Å². The summed E-state index contributed by atoms with van der Waals surface area (Å²) in [5, 5.41) is 3.69. The van der Waals surface area contributed by atoms with E-state index in [-0.39, 0.29) is 0 Å². The second-order valence-electron chi connectivity index (χ2n) is 6.17. The lowest BCUT2D eigenvalue weighted by molar-refractivity contribution is 0.221. The number of nitrogens with one attached hydrogen (secondary N) is 1. The topological polar surface area (TPSA) is 15.3 Å². The van der Waals surface area contributed by atoms with Crippen LogP contribution in [0.15, 0.2) is 18.2 Å². The van der Waals surface area contributed by atoms with Crippen LogP contribution in [0.4, 0.5) is 0 Å². The van der Waals surface area contributed by atoms with Crippen LogP contribution in [0.3, 0.4) is 0 Å². The molecule has 1 aromatic carbocycles. The van der Waals surface area contributed by atoms with Gasteiger partial charge < -0.3 is 5.32 Å². The van der Waals surface area contributed by atoms with Gasteiger partial charge in [0.05, 0.1) is 0 Å². The Morgan fingerprint density at radius 3 is 2.75 bits per heavy atom. The monoisotopic (exact) mass is 274 g/mol. The Kier molecular flexibility index (Phi) is 5.62. The van der Waals surface area contributed by atoms with Gasteiger partial charge in [-0.05, 0) is 57.3 Å². The molecule has 0 aromatic heterocycles. The minimum Gasteiger partial charge on any atom is -0.309 e. The molecule has 2 rings (SSSR count). The molecule has 2 atom stereocenters. The van der Waals surface area contributed by atoms with Crippen LogP contribution in [-0.2, 0) is 0 Å². The lowest BCUT2D eigenvalue weighted by Gasteiger charge is -2.30. The lowest BCUT2D eigenvalue weighted by Crippen LogP contribution is -2.38. The van der Waals surface area contributed by atoms with Gasteiger partial charge in [-0.3, -0.25) is 4.90 Å². The predicted octanol–water partition coefficient (Wildman–Crippen LogP) is 3.83. The third-order valence-electron chi connectivity index (χ3n) is 4.64. The van der Waals surface area contributed by atoms with Gasteiger partial charge in [0, 0.05) is 18.6 Å². The number of aryl methyl sites for hydroxylation is 2. The molecule has 1 aliphatic heterocycles. The van der Waals surface area contributed by atoms with Gasteiger partial charge >= 0.3 is 0 Å². The molecule has 0 saturated carbocycles. The molecule has 0 spiro atoms.